The molecule has 0 fully saturated rings. The number of carbonyl (C=O) groups is 1. The van der Waals surface area contributed by atoms with E-state index in [1.165, 1.54) is 0 Å². The molecule has 0 saturated heterocycles. The van der Waals surface area contributed by atoms with Crippen LogP contribution in [0.4, 0.5) is 0 Å². The summed E-state index contributed by atoms with van der Waals surface area (Å²) in [6.45, 7) is 5.53. The molecule has 0 bridgehead atoms. The standard InChI is InChI=1S/C6H9IO/c1-3-5(2)4-6(7)8/h3,5H,1,4H2,2H3. The fourth-order valence-corrected chi connectivity index (χ4v) is 1.03. The van der Waals surface area contributed by atoms with Crippen LogP contribution in [-0.2, 0) is 4.79 Å². The lowest BCUT2D eigenvalue weighted by Gasteiger charge is -1.96. The van der Waals surface area contributed by atoms with Crippen molar-refractivity contribution >= 4 is 26.4 Å². The van der Waals surface area contributed by atoms with Crippen LogP contribution in [0.3, 0.4) is 0 Å². The Labute approximate surface area is 63.3 Å². The molecule has 0 N–H and O–H groups in total. The first-order valence-corrected chi connectivity index (χ1v) is 3.55. The van der Waals surface area contributed by atoms with Gasteiger partial charge in [-0.05, 0) is 28.5 Å². The molecule has 0 amide bonds. The summed E-state index contributed by atoms with van der Waals surface area (Å²) in [6.07, 6.45) is 2.40. The summed E-state index contributed by atoms with van der Waals surface area (Å²) in [5.41, 5.74) is 0. The predicted molar refractivity (Wildman–Crippen MR) is 43.0 cm³/mol. The van der Waals surface area contributed by atoms with E-state index in [1.54, 1.807) is 28.7 Å². The zero-order chi connectivity index (χ0) is 6.57. The molecular formula is C6H9IO. The van der Waals surface area contributed by atoms with Crippen molar-refractivity contribution in [3.8, 4) is 0 Å². The molecule has 0 aromatic heterocycles. The molecule has 0 rings (SSSR count). The predicted octanol–water partition coefficient (Wildman–Crippen LogP) is 2.16. The molecule has 0 aliphatic heterocycles. The first-order valence-electron chi connectivity index (χ1n) is 2.47. The quantitative estimate of drug-likeness (QED) is 0.408. The number of allylic oxidation sites excluding steroid dienone is 1. The maximum atomic E-state index is 10.4. The SMILES string of the molecule is C=CC(C)CC(=O)I. The Balaban J connectivity index is 3.38. The Kier molecular flexibility index (Phi) is 4.13. The molecule has 1 nitrogen and oxygen atoms in total. The van der Waals surface area contributed by atoms with Crippen molar-refractivity contribution in [1.29, 1.82) is 0 Å². The van der Waals surface area contributed by atoms with Crippen LogP contribution in [0.2, 0.25) is 0 Å². The Hall–Kier alpha value is 0.140. The zero-order valence-electron chi connectivity index (χ0n) is 4.86. The number of rotatable bonds is 3. The van der Waals surface area contributed by atoms with E-state index in [0.29, 0.717) is 12.3 Å². The summed E-state index contributed by atoms with van der Waals surface area (Å²) >= 11 is 1.79. The first-order chi connectivity index (χ1) is 3.66. The van der Waals surface area contributed by atoms with E-state index in [9.17, 15) is 4.79 Å². The Morgan fingerprint density at radius 1 is 2.00 bits per heavy atom. The summed E-state index contributed by atoms with van der Waals surface area (Å²) < 4.78 is 0.204. The Bertz CT molecular complexity index is 98.7. The van der Waals surface area contributed by atoms with Crippen LogP contribution in [0.25, 0.3) is 0 Å². The van der Waals surface area contributed by atoms with Crippen LogP contribution in [0.1, 0.15) is 13.3 Å². The molecule has 0 heterocycles. The van der Waals surface area contributed by atoms with Crippen molar-refractivity contribution in [3.63, 3.8) is 0 Å². The van der Waals surface area contributed by atoms with Gasteiger partial charge in [0.05, 0.1) is 0 Å². The second-order valence-corrected chi connectivity index (χ2v) is 2.98. The topological polar surface area (TPSA) is 17.1 Å². The van der Waals surface area contributed by atoms with Gasteiger partial charge in [-0.1, -0.05) is 13.0 Å². The van der Waals surface area contributed by atoms with Gasteiger partial charge < -0.3 is 0 Å². The zero-order valence-corrected chi connectivity index (χ0v) is 7.01. The minimum absolute atomic E-state index is 0.204. The van der Waals surface area contributed by atoms with Gasteiger partial charge in [0.2, 0.25) is 0 Å². The highest BCUT2D eigenvalue weighted by Gasteiger charge is 1.99. The summed E-state index contributed by atoms with van der Waals surface area (Å²) in [7, 11) is 0. The number of carbonyl (C=O) groups excluding carboxylic acids is 1. The van der Waals surface area contributed by atoms with Crippen LogP contribution in [0.15, 0.2) is 12.7 Å². The smallest absolute Gasteiger partial charge is 0.192 e. The highest BCUT2D eigenvalue weighted by atomic mass is 127. The molecule has 46 valence electrons. The number of hydrogen-bond donors (Lipinski definition) is 0. The van der Waals surface area contributed by atoms with Gasteiger partial charge in [-0.2, -0.15) is 0 Å². The van der Waals surface area contributed by atoms with Gasteiger partial charge in [0, 0.05) is 6.42 Å². The van der Waals surface area contributed by atoms with Gasteiger partial charge in [0.25, 0.3) is 0 Å². The molecule has 8 heavy (non-hydrogen) atoms. The summed E-state index contributed by atoms with van der Waals surface area (Å²) in [6, 6.07) is 0. The molecule has 0 aliphatic rings. The van der Waals surface area contributed by atoms with E-state index >= 15 is 0 Å². The van der Waals surface area contributed by atoms with Gasteiger partial charge in [-0.15, -0.1) is 6.58 Å². The molecule has 1 atom stereocenters. The van der Waals surface area contributed by atoms with Gasteiger partial charge in [0.15, 0.2) is 3.79 Å². The van der Waals surface area contributed by atoms with Crippen molar-refractivity contribution in [2.24, 2.45) is 5.92 Å². The average molecular weight is 224 g/mol. The van der Waals surface area contributed by atoms with E-state index in [2.05, 4.69) is 6.58 Å². The third kappa shape index (κ3) is 4.30. The van der Waals surface area contributed by atoms with E-state index in [1.807, 2.05) is 6.92 Å². The lowest BCUT2D eigenvalue weighted by molar-refractivity contribution is -0.109. The van der Waals surface area contributed by atoms with Crippen LogP contribution in [-0.4, -0.2) is 3.79 Å². The molecule has 0 aromatic carbocycles. The molecule has 0 aromatic rings. The largest absolute Gasteiger partial charge is 0.288 e. The second-order valence-electron chi connectivity index (χ2n) is 1.77. The van der Waals surface area contributed by atoms with Crippen LogP contribution >= 0.6 is 22.6 Å². The second kappa shape index (κ2) is 4.06. The number of hydrogen-bond acceptors (Lipinski definition) is 1. The van der Waals surface area contributed by atoms with Crippen LogP contribution in [0.5, 0.6) is 0 Å². The van der Waals surface area contributed by atoms with E-state index in [4.69, 9.17) is 0 Å². The average Bonchev–Trinajstić information content (AvgIpc) is 1.65. The van der Waals surface area contributed by atoms with Crippen molar-refractivity contribution in [2.45, 2.75) is 13.3 Å². The fraction of sp³-hybridized carbons (Fsp3) is 0.500. The highest BCUT2D eigenvalue weighted by molar-refractivity contribution is 14.1. The van der Waals surface area contributed by atoms with Gasteiger partial charge in [-0.25, -0.2) is 0 Å². The minimum Gasteiger partial charge on any atom is -0.288 e. The summed E-state index contributed by atoms with van der Waals surface area (Å²) in [5.74, 6) is 0.333. The molecule has 0 aliphatic carbocycles. The third-order valence-electron chi connectivity index (χ3n) is 0.885. The van der Waals surface area contributed by atoms with Crippen LogP contribution in [0, 0.1) is 5.92 Å². The van der Waals surface area contributed by atoms with Gasteiger partial charge >= 0.3 is 0 Å². The Morgan fingerprint density at radius 2 is 2.50 bits per heavy atom. The van der Waals surface area contributed by atoms with Crippen molar-refractivity contribution in [3.05, 3.63) is 12.7 Å². The fourth-order valence-electron chi connectivity index (χ4n) is 0.336. The van der Waals surface area contributed by atoms with E-state index in [-0.39, 0.29) is 3.79 Å². The minimum atomic E-state index is 0.204. The van der Waals surface area contributed by atoms with Crippen molar-refractivity contribution in [2.75, 3.05) is 0 Å². The van der Waals surface area contributed by atoms with Crippen molar-refractivity contribution < 1.29 is 4.79 Å². The van der Waals surface area contributed by atoms with E-state index in [0.717, 1.165) is 0 Å². The van der Waals surface area contributed by atoms with Crippen molar-refractivity contribution in [1.82, 2.24) is 0 Å². The molecule has 2 heteroatoms. The maximum Gasteiger partial charge on any atom is 0.192 e. The third-order valence-corrected chi connectivity index (χ3v) is 1.33. The monoisotopic (exact) mass is 224 g/mol. The summed E-state index contributed by atoms with van der Waals surface area (Å²) in [5, 5.41) is 0. The Morgan fingerprint density at radius 3 is 2.62 bits per heavy atom. The lowest BCUT2D eigenvalue weighted by Crippen LogP contribution is -1.93. The molecular weight excluding hydrogens is 215 g/mol. The van der Waals surface area contributed by atoms with E-state index < -0.39 is 0 Å². The van der Waals surface area contributed by atoms with Gasteiger partial charge in [0.1, 0.15) is 0 Å². The molecule has 0 saturated carbocycles. The lowest BCUT2D eigenvalue weighted by atomic mass is 10.1. The maximum absolute atomic E-state index is 10.4. The molecule has 1 unspecified atom stereocenters. The van der Waals surface area contributed by atoms with Crippen LogP contribution < -0.4 is 0 Å². The highest BCUT2D eigenvalue weighted by Crippen LogP contribution is 2.05. The molecule has 0 radical (unpaired) electrons. The number of halogens is 1. The first kappa shape index (κ1) is 8.14. The van der Waals surface area contributed by atoms with Gasteiger partial charge in [-0.3, -0.25) is 4.79 Å². The normalized spacial score (nSPS) is 12.8. The molecule has 0 spiro atoms. The summed E-state index contributed by atoms with van der Waals surface area (Å²) in [4.78, 5) is 10.4.